The third kappa shape index (κ3) is 6.04. The molecule has 0 atom stereocenters. The van der Waals surface area contributed by atoms with E-state index in [0.29, 0.717) is 11.5 Å². The summed E-state index contributed by atoms with van der Waals surface area (Å²) in [6.45, 7) is 18.3. The van der Waals surface area contributed by atoms with Gasteiger partial charge in [-0.15, -0.1) is 0 Å². The first-order valence-corrected chi connectivity index (χ1v) is 12.8. The van der Waals surface area contributed by atoms with Gasteiger partial charge in [0.2, 0.25) is 0 Å². The Morgan fingerprint density at radius 3 is 1.48 bits per heavy atom. The molecule has 2 N–H and O–H groups in total. The average Bonchev–Trinajstić information content (AvgIpc) is 2.74. The molecule has 0 bridgehead atoms. The van der Waals surface area contributed by atoms with Crippen molar-refractivity contribution in [2.45, 2.75) is 19.3 Å². The fraction of sp³-hybridized carbons (Fsp3) is 0.130. The Morgan fingerprint density at radius 2 is 1.13 bits per heavy atom. The van der Waals surface area contributed by atoms with Crippen LogP contribution >= 0.6 is 15.0 Å². The number of hydrogen-bond acceptors (Lipinski definition) is 4. The third-order valence-corrected chi connectivity index (χ3v) is 7.69. The van der Waals surface area contributed by atoms with Crippen LogP contribution in [0.1, 0.15) is 25.0 Å². The molecule has 6 nitrogen and oxygen atoms in total. The minimum absolute atomic E-state index is 0.333. The highest BCUT2D eigenvalue weighted by atomic mass is 31.2. The quantitative estimate of drug-likeness (QED) is 0.337. The standard InChI is InChI=1S/C23H28N2O4P2/c1-7-24-31(27,25-8-2)29-22-17-13-20(14-18-22)23(5,6)19-11-15-21(16-12-19)28-30(26,9-3)10-4/h7-18H,1-4H2,5-6H3,(H2,24,25,27). The normalized spacial score (nSPS) is 11.7. The van der Waals surface area contributed by atoms with Gasteiger partial charge in [-0.25, -0.2) is 4.57 Å². The molecule has 0 saturated heterocycles. The van der Waals surface area contributed by atoms with Crippen molar-refractivity contribution in [3.63, 3.8) is 0 Å². The summed E-state index contributed by atoms with van der Waals surface area (Å²) >= 11 is 0. The molecule has 31 heavy (non-hydrogen) atoms. The highest BCUT2D eigenvalue weighted by Gasteiger charge is 2.25. The average molecular weight is 458 g/mol. The number of rotatable bonds is 12. The highest BCUT2D eigenvalue weighted by Crippen LogP contribution is 2.49. The van der Waals surface area contributed by atoms with E-state index in [-0.39, 0.29) is 5.41 Å². The molecule has 2 rings (SSSR count). The van der Waals surface area contributed by atoms with Crippen molar-refractivity contribution in [1.29, 1.82) is 0 Å². The summed E-state index contributed by atoms with van der Waals surface area (Å²) < 4.78 is 36.1. The van der Waals surface area contributed by atoms with Crippen molar-refractivity contribution >= 4 is 15.0 Å². The zero-order valence-corrected chi connectivity index (χ0v) is 19.6. The van der Waals surface area contributed by atoms with Gasteiger partial charge in [0.05, 0.1) is 0 Å². The van der Waals surface area contributed by atoms with Crippen LogP contribution in [0.2, 0.25) is 0 Å². The lowest BCUT2D eigenvalue weighted by molar-refractivity contribution is 0.467. The fourth-order valence-corrected chi connectivity index (χ4v) is 4.65. The topological polar surface area (TPSA) is 76.7 Å². The molecule has 2 aromatic carbocycles. The Kier molecular flexibility index (Phi) is 7.78. The molecule has 0 radical (unpaired) electrons. The van der Waals surface area contributed by atoms with E-state index in [1.165, 1.54) is 24.0 Å². The number of hydrogen-bond donors (Lipinski definition) is 2. The van der Waals surface area contributed by atoms with E-state index in [1.54, 1.807) is 24.3 Å². The van der Waals surface area contributed by atoms with E-state index in [0.717, 1.165) is 11.1 Å². The fourth-order valence-electron chi connectivity index (χ4n) is 2.82. The molecule has 164 valence electrons. The Bertz CT molecular complexity index is 1020. The van der Waals surface area contributed by atoms with Gasteiger partial charge in [0.25, 0.3) is 7.37 Å². The van der Waals surface area contributed by atoms with Crippen LogP contribution < -0.4 is 19.2 Å². The van der Waals surface area contributed by atoms with Crippen LogP contribution in [0.4, 0.5) is 0 Å². The molecule has 0 fully saturated rings. The lowest BCUT2D eigenvalue weighted by atomic mass is 9.78. The van der Waals surface area contributed by atoms with E-state index < -0.39 is 15.0 Å². The minimum atomic E-state index is -3.37. The Balaban J connectivity index is 2.22. The first kappa shape index (κ1) is 24.3. The molecule has 0 aliphatic heterocycles. The molecule has 8 heteroatoms. The van der Waals surface area contributed by atoms with E-state index in [1.807, 2.05) is 24.3 Å². The van der Waals surface area contributed by atoms with Gasteiger partial charge in [-0.1, -0.05) is 64.4 Å². The van der Waals surface area contributed by atoms with Crippen LogP contribution in [0.5, 0.6) is 11.5 Å². The monoisotopic (exact) mass is 458 g/mol. The molecule has 0 unspecified atom stereocenters. The Morgan fingerprint density at radius 1 is 0.742 bits per heavy atom. The van der Waals surface area contributed by atoms with E-state index in [9.17, 15) is 9.13 Å². The summed E-state index contributed by atoms with van der Waals surface area (Å²) in [5.74, 6) is 3.46. The molecular weight excluding hydrogens is 430 g/mol. The molecular formula is C23H28N2O4P2. The summed E-state index contributed by atoms with van der Waals surface area (Å²) in [6, 6.07) is 14.7. The molecule has 0 aliphatic rings. The summed E-state index contributed by atoms with van der Waals surface area (Å²) in [5.41, 5.74) is 1.73. The third-order valence-electron chi connectivity index (χ3n) is 4.67. The molecule has 0 aliphatic carbocycles. The second-order valence-electron chi connectivity index (χ2n) is 7.08. The SMILES string of the molecule is C=CNP(=O)(NC=C)Oc1ccc(C(C)(C)c2ccc(OP(=O)(C=C)C=C)cc2)cc1. The maximum Gasteiger partial charge on any atom is 0.443 e. The minimum Gasteiger partial charge on any atom is -0.438 e. The summed E-state index contributed by atoms with van der Waals surface area (Å²) in [4.78, 5) is 0. The van der Waals surface area contributed by atoms with Crippen molar-refractivity contribution in [3.8, 4) is 11.5 Å². The van der Waals surface area contributed by atoms with Gasteiger partial charge in [0.15, 0.2) is 0 Å². The van der Waals surface area contributed by atoms with Gasteiger partial charge in [0.1, 0.15) is 11.5 Å². The molecule has 0 aromatic heterocycles. The van der Waals surface area contributed by atoms with Crippen LogP contribution in [-0.4, -0.2) is 0 Å². The molecule has 0 amide bonds. The van der Waals surface area contributed by atoms with E-state index >= 15 is 0 Å². The van der Waals surface area contributed by atoms with Gasteiger partial charge in [0, 0.05) is 17.0 Å². The van der Waals surface area contributed by atoms with Crippen LogP contribution in [0.15, 0.2) is 98.9 Å². The van der Waals surface area contributed by atoms with Crippen molar-refractivity contribution < 1.29 is 18.2 Å². The zero-order chi connectivity index (χ0) is 23.1. The van der Waals surface area contributed by atoms with Crippen LogP contribution in [0, 0.1) is 0 Å². The molecule has 0 spiro atoms. The second kappa shape index (κ2) is 9.91. The van der Waals surface area contributed by atoms with Crippen LogP contribution in [0.25, 0.3) is 0 Å². The maximum atomic E-state index is 12.6. The first-order valence-electron chi connectivity index (χ1n) is 9.46. The molecule has 0 saturated carbocycles. The summed E-state index contributed by atoms with van der Waals surface area (Å²) in [5, 5.41) is 5.16. The van der Waals surface area contributed by atoms with Crippen molar-refractivity contribution in [3.05, 3.63) is 110 Å². The van der Waals surface area contributed by atoms with Gasteiger partial charge in [-0.3, -0.25) is 14.7 Å². The zero-order valence-electron chi connectivity index (χ0n) is 17.8. The van der Waals surface area contributed by atoms with Crippen LogP contribution in [0.3, 0.4) is 0 Å². The molecule has 0 heterocycles. The largest absolute Gasteiger partial charge is 0.443 e. The lowest BCUT2D eigenvalue weighted by Crippen LogP contribution is -2.19. The van der Waals surface area contributed by atoms with Gasteiger partial charge in [-0.2, -0.15) is 0 Å². The highest BCUT2D eigenvalue weighted by molar-refractivity contribution is 7.65. The van der Waals surface area contributed by atoms with Gasteiger partial charge in [-0.05, 0) is 47.8 Å². The van der Waals surface area contributed by atoms with Crippen LogP contribution in [-0.2, 0) is 14.5 Å². The van der Waals surface area contributed by atoms with Crippen molar-refractivity contribution in [2.75, 3.05) is 0 Å². The second-order valence-corrected chi connectivity index (χ2v) is 11.1. The van der Waals surface area contributed by atoms with E-state index in [4.69, 9.17) is 9.05 Å². The number of nitrogens with one attached hydrogen (secondary N) is 2. The predicted octanol–water partition coefficient (Wildman–Crippen LogP) is 6.91. The van der Waals surface area contributed by atoms with Gasteiger partial charge < -0.3 is 9.05 Å². The van der Waals surface area contributed by atoms with E-state index in [2.05, 4.69) is 50.3 Å². The van der Waals surface area contributed by atoms with Crippen molar-refractivity contribution in [1.82, 2.24) is 10.2 Å². The predicted molar refractivity (Wildman–Crippen MR) is 129 cm³/mol. The maximum absolute atomic E-state index is 12.6. The summed E-state index contributed by atoms with van der Waals surface area (Å²) in [7, 11) is -6.45. The molecule has 2 aromatic rings. The Labute approximate surface area is 184 Å². The number of benzene rings is 2. The summed E-state index contributed by atoms with van der Waals surface area (Å²) in [6.07, 6.45) is 2.59. The van der Waals surface area contributed by atoms with Crippen molar-refractivity contribution in [2.24, 2.45) is 0 Å². The smallest absolute Gasteiger partial charge is 0.438 e. The Hall–Kier alpha value is -2.94. The lowest BCUT2D eigenvalue weighted by Gasteiger charge is -2.27. The first-order chi connectivity index (χ1) is 14.6. The van der Waals surface area contributed by atoms with Gasteiger partial charge >= 0.3 is 7.67 Å².